The molecule has 0 aromatic rings. The number of carbonyl (C=O) groups excluding carboxylic acids is 3. The van der Waals surface area contributed by atoms with Crippen LogP contribution in [0.2, 0.25) is 0 Å². The first-order valence-corrected chi connectivity index (χ1v) is 25.8. The number of ether oxygens (including phenoxy) is 3. The standard InChI is InChI=1S/C59H92O6/c1-4-7-10-13-16-19-22-25-28-29-32-34-37-40-43-46-49-52-58(61)64-55-56(65-59(62)53-50-47-44-41-38-35-31-27-24-21-18-15-12-9-6-3)54-63-57(60)51-48-45-42-39-36-33-30-26-23-20-17-14-11-8-5-2/h8-9,11-12,14-15,17-18,20-21,23-25,27-28,31-32,34-35,38,40,43,56H,4-7,10,13,16,19,22,26,29-30,33,36-37,39,41-42,44-55H2,1-3H3/b11-8-,12-9-,17-14-,18-15-,23-20-,24-21-,28-25-,31-27-,34-32-,38-35-,43-40-. The third-order valence-corrected chi connectivity index (χ3v) is 10.3. The maximum Gasteiger partial charge on any atom is 0.306 e. The minimum atomic E-state index is -0.830. The second-order valence-electron chi connectivity index (χ2n) is 16.5. The Morgan fingerprint density at radius 3 is 1.15 bits per heavy atom. The highest BCUT2D eigenvalue weighted by atomic mass is 16.6. The third kappa shape index (κ3) is 50.4. The molecule has 0 aliphatic rings. The van der Waals surface area contributed by atoms with Gasteiger partial charge in [0.25, 0.3) is 0 Å². The van der Waals surface area contributed by atoms with Crippen LogP contribution in [0, 0.1) is 0 Å². The van der Waals surface area contributed by atoms with Crippen LogP contribution in [0.3, 0.4) is 0 Å². The fraction of sp³-hybridized carbons (Fsp3) is 0.576. The monoisotopic (exact) mass is 897 g/mol. The summed E-state index contributed by atoms with van der Waals surface area (Å²) < 4.78 is 16.7. The number of hydrogen-bond acceptors (Lipinski definition) is 6. The molecule has 0 aliphatic carbocycles. The molecule has 65 heavy (non-hydrogen) atoms. The zero-order valence-electron chi connectivity index (χ0n) is 41.4. The molecule has 0 heterocycles. The van der Waals surface area contributed by atoms with Crippen molar-refractivity contribution in [1.29, 1.82) is 0 Å². The lowest BCUT2D eigenvalue weighted by Gasteiger charge is -2.18. The summed E-state index contributed by atoms with van der Waals surface area (Å²) in [7, 11) is 0. The number of rotatable bonds is 44. The van der Waals surface area contributed by atoms with E-state index >= 15 is 0 Å². The van der Waals surface area contributed by atoms with Crippen molar-refractivity contribution in [3.05, 3.63) is 134 Å². The van der Waals surface area contributed by atoms with E-state index in [1.807, 2.05) is 48.6 Å². The van der Waals surface area contributed by atoms with E-state index in [9.17, 15) is 14.4 Å². The molecule has 0 radical (unpaired) electrons. The van der Waals surface area contributed by atoms with Gasteiger partial charge in [-0.2, -0.15) is 0 Å². The van der Waals surface area contributed by atoms with Crippen LogP contribution < -0.4 is 0 Å². The minimum Gasteiger partial charge on any atom is -0.462 e. The molecular weight excluding hydrogens is 805 g/mol. The van der Waals surface area contributed by atoms with Crippen molar-refractivity contribution in [3.8, 4) is 0 Å². The number of carbonyl (C=O) groups is 3. The summed E-state index contributed by atoms with van der Waals surface area (Å²) in [5, 5.41) is 0. The molecule has 0 saturated heterocycles. The first kappa shape index (κ1) is 60.5. The average Bonchev–Trinajstić information content (AvgIpc) is 3.30. The SMILES string of the molecule is CC\C=C/C=C\C=C/C=C\C=C/CCCCCC(=O)OC(COC(=O)CCC/C=C\C/C=C\C/C=C\CCCCCCCC)COC(=O)CCCCCCCCC\C=C/C=C\C=C/CC. The number of unbranched alkanes of at least 4 members (excludes halogenated alkanes) is 17. The lowest BCUT2D eigenvalue weighted by atomic mass is 10.1. The molecule has 0 rings (SSSR count). The van der Waals surface area contributed by atoms with Crippen molar-refractivity contribution in [2.75, 3.05) is 13.2 Å². The second-order valence-corrected chi connectivity index (χ2v) is 16.5. The summed E-state index contributed by atoms with van der Waals surface area (Å²) in [4.78, 5) is 38.0. The maximum atomic E-state index is 12.8. The van der Waals surface area contributed by atoms with Crippen LogP contribution in [-0.2, 0) is 28.6 Å². The fourth-order valence-electron chi connectivity index (χ4n) is 6.48. The number of allylic oxidation sites excluding steroid dienone is 22. The van der Waals surface area contributed by atoms with Gasteiger partial charge in [-0.1, -0.05) is 225 Å². The van der Waals surface area contributed by atoms with Crippen LogP contribution in [0.5, 0.6) is 0 Å². The molecule has 0 spiro atoms. The van der Waals surface area contributed by atoms with E-state index < -0.39 is 6.10 Å². The smallest absolute Gasteiger partial charge is 0.306 e. The van der Waals surface area contributed by atoms with E-state index in [1.165, 1.54) is 64.2 Å². The third-order valence-electron chi connectivity index (χ3n) is 10.3. The van der Waals surface area contributed by atoms with Crippen LogP contribution in [-0.4, -0.2) is 37.2 Å². The molecule has 0 aliphatic heterocycles. The van der Waals surface area contributed by atoms with Gasteiger partial charge in [0, 0.05) is 19.3 Å². The Balaban J connectivity index is 4.58. The van der Waals surface area contributed by atoms with Gasteiger partial charge in [-0.3, -0.25) is 14.4 Å². The molecule has 364 valence electrons. The molecule has 0 aromatic heterocycles. The fourth-order valence-corrected chi connectivity index (χ4v) is 6.48. The number of esters is 3. The molecule has 0 saturated carbocycles. The van der Waals surface area contributed by atoms with E-state index in [0.29, 0.717) is 19.3 Å². The molecule has 6 heteroatoms. The highest BCUT2D eigenvalue weighted by Gasteiger charge is 2.19. The first-order valence-electron chi connectivity index (χ1n) is 25.8. The highest BCUT2D eigenvalue weighted by molar-refractivity contribution is 5.71. The molecule has 0 N–H and O–H groups in total. The summed E-state index contributed by atoms with van der Waals surface area (Å²) in [6.07, 6.45) is 72.9. The predicted molar refractivity (Wildman–Crippen MR) is 279 cm³/mol. The van der Waals surface area contributed by atoms with Crippen LogP contribution in [0.4, 0.5) is 0 Å². The Kier molecular flexibility index (Phi) is 48.6. The van der Waals surface area contributed by atoms with Gasteiger partial charge in [0.1, 0.15) is 13.2 Å². The second kappa shape index (κ2) is 52.2. The summed E-state index contributed by atoms with van der Waals surface area (Å²) in [6, 6.07) is 0. The summed E-state index contributed by atoms with van der Waals surface area (Å²) in [5.41, 5.74) is 0. The van der Waals surface area contributed by atoms with Crippen LogP contribution in [0.15, 0.2) is 134 Å². The van der Waals surface area contributed by atoms with Crippen LogP contribution in [0.25, 0.3) is 0 Å². The van der Waals surface area contributed by atoms with E-state index in [-0.39, 0.29) is 44.0 Å². The van der Waals surface area contributed by atoms with Gasteiger partial charge in [0.05, 0.1) is 0 Å². The first-order chi connectivity index (χ1) is 32.0. The average molecular weight is 897 g/mol. The van der Waals surface area contributed by atoms with Crippen molar-refractivity contribution >= 4 is 17.9 Å². The highest BCUT2D eigenvalue weighted by Crippen LogP contribution is 2.13. The van der Waals surface area contributed by atoms with Crippen LogP contribution in [0.1, 0.15) is 201 Å². The topological polar surface area (TPSA) is 78.9 Å². The molecule has 0 fully saturated rings. The molecule has 1 atom stereocenters. The Labute approximate surface area is 398 Å². The zero-order valence-corrected chi connectivity index (χ0v) is 41.4. The normalized spacial score (nSPS) is 13.2. The van der Waals surface area contributed by atoms with E-state index in [2.05, 4.69) is 106 Å². The van der Waals surface area contributed by atoms with Crippen LogP contribution >= 0.6 is 0 Å². The quantitative estimate of drug-likeness (QED) is 0.0199. The number of hydrogen-bond donors (Lipinski definition) is 0. The zero-order chi connectivity index (χ0) is 47.2. The summed E-state index contributed by atoms with van der Waals surface area (Å²) >= 11 is 0. The van der Waals surface area contributed by atoms with Gasteiger partial charge < -0.3 is 14.2 Å². The van der Waals surface area contributed by atoms with Gasteiger partial charge in [0.2, 0.25) is 0 Å². The Bertz CT molecular complexity index is 1450. The Morgan fingerprint density at radius 2 is 0.677 bits per heavy atom. The molecule has 1 unspecified atom stereocenters. The summed E-state index contributed by atoms with van der Waals surface area (Å²) in [6.45, 7) is 6.24. The predicted octanol–water partition coefficient (Wildman–Crippen LogP) is 17.1. The molecule has 0 aromatic carbocycles. The lowest BCUT2D eigenvalue weighted by molar-refractivity contribution is -0.167. The summed E-state index contributed by atoms with van der Waals surface area (Å²) in [5.74, 6) is -1.04. The van der Waals surface area contributed by atoms with Gasteiger partial charge in [-0.05, 0) is 89.9 Å². The Hall–Kier alpha value is -4.45. The van der Waals surface area contributed by atoms with Crippen molar-refractivity contribution in [1.82, 2.24) is 0 Å². The molecule has 0 bridgehead atoms. The van der Waals surface area contributed by atoms with Crippen molar-refractivity contribution in [2.45, 2.75) is 207 Å². The van der Waals surface area contributed by atoms with E-state index in [0.717, 1.165) is 83.5 Å². The molecule has 0 amide bonds. The van der Waals surface area contributed by atoms with Gasteiger partial charge in [0.15, 0.2) is 6.10 Å². The minimum absolute atomic E-state index is 0.123. The largest absolute Gasteiger partial charge is 0.462 e. The Morgan fingerprint density at radius 1 is 0.338 bits per heavy atom. The van der Waals surface area contributed by atoms with Gasteiger partial charge in [-0.15, -0.1) is 0 Å². The van der Waals surface area contributed by atoms with Crippen molar-refractivity contribution < 1.29 is 28.6 Å². The van der Waals surface area contributed by atoms with Crippen molar-refractivity contribution in [2.24, 2.45) is 0 Å². The van der Waals surface area contributed by atoms with Gasteiger partial charge >= 0.3 is 17.9 Å². The van der Waals surface area contributed by atoms with Crippen molar-refractivity contribution in [3.63, 3.8) is 0 Å². The van der Waals surface area contributed by atoms with E-state index in [4.69, 9.17) is 14.2 Å². The maximum absolute atomic E-state index is 12.8. The molecule has 6 nitrogen and oxygen atoms in total. The lowest BCUT2D eigenvalue weighted by Crippen LogP contribution is -2.30. The van der Waals surface area contributed by atoms with Gasteiger partial charge in [-0.25, -0.2) is 0 Å². The van der Waals surface area contributed by atoms with E-state index in [1.54, 1.807) is 0 Å². The molecular formula is C59H92O6.